The highest BCUT2D eigenvalue weighted by atomic mass is 16.5. The average Bonchev–Trinajstić information content (AvgIpc) is 2.87. The SMILES string of the molecule is COc1cc(OC)cc(C(=O)NC[C@H]2CC[C@@H](Nc3nc(N(C)C)c4ccccc4n3)CC2)c1. The lowest BCUT2D eigenvalue weighted by molar-refractivity contribution is 0.0942. The van der Waals surface area contributed by atoms with E-state index in [1.807, 2.05) is 37.2 Å². The maximum absolute atomic E-state index is 12.7. The molecule has 1 heterocycles. The Labute approximate surface area is 200 Å². The molecule has 2 aromatic carbocycles. The third-order valence-electron chi connectivity index (χ3n) is 6.35. The highest BCUT2D eigenvalue weighted by Crippen LogP contribution is 2.28. The van der Waals surface area contributed by atoms with Crippen molar-refractivity contribution in [2.75, 3.05) is 45.1 Å². The number of amides is 1. The molecule has 1 aliphatic carbocycles. The molecule has 0 unspecified atom stereocenters. The van der Waals surface area contributed by atoms with E-state index >= 15 is 0 Å². The summed E-state index contributed by atoms with van der Waals surface area (Å²) >= 11 is 0. The molecule has 0 spiro atoms. The molecule has 180 valence electrons. The number of hydrogen-bond acceptors (Lipinski definition) is 7. The molecule has 0 saturated heterocycles. The summed E-state index contributed by atoms with van der Waals surface area (Å²) in [6.45, 7) is 0.655. The first-order chi connectivity index (χ1) is 16.5. The molecule has 1 fully saturated rings. The number of benzene rings is 2. The second-order valence-corrected chi connectivity index (χ2v) is 8.96. The molecular formula is C26H33N5O3. The summed E-state index contributed by atoms with van der Waals surface area (Å²) in [6.07, 6.45) is 4.10. The Morgan fingerprint density at radius 3 is 2.32 bits per heavy atom. The maximum Gasteiger partial charge on any atom is 0.251 e. The number of carbonyl (C=O) groups is 1. The van der Waals surface area contributed by atoms with E-state index in [2.05, 4.69) is 16.7 Å². The molecule has 1 saturated carbocycles. The van der Waals surface area contributed by atoms with Gasteiger partial charge in [-0.05, 0) is 55.9 Å². The van der Waals surface area contributed by atoms with Gasteiger partial charge in [0.1, 0.15) is 17.3 Å². The van der Waals surface area contributed by atoms with Crippen LogP contribution < -0.4 is 25.0 Å². The van der Waals surface area contributed by atoms with Gasteiger partial charge >= 0.3 is 0 Å². The zero-order chi connectivity index (χ0) is 24.1. The number of para-hydroxylation sites is 1. The normalized spacial score (nSPS) is 17.8. The Hall–Kier alpha value is -3.55. The fourth-order valence-electron chi connectivity index (χ4n) is 4.44. The molecular weight excluding hydrogens is 430 g/mol. The number of hydrogen-bond donors (Lipinski definition) is 2. The van der Waals surface area contributed by atoms with Crippen LogP contribution in [0.3, 0.4) is 0 Å². The monoisotopic (exact) mass is 463 g/mol. The van der Waals surface area contributed by atoms with Crippen LogP contribution in [0.25, 0.3) is 10.9 Å². The molecule has 0 bridgehead atoms. The van der Waals surface area contributed by atoms with Crippen molar-refractivity contribution < 1.29 is 14.3 Å². The average molecular weight is 464 g/mol. The van der Waals surface area contributed by atoms with E-state index in [-0.39, 0.29) is 5.91 Å². The van der Waals surface area contributed by atoms with Gasteiger partial charge in [-0.3, -0.25) is 4.79 Å². The van der Waals surface area contributed by atoms with Crippen LogP contribution in [0, 0.1) is 5.92 Å². The quantitative estimate of drug-likeness (QED) is 0.520. The lowest BCUT2D eigenvalue weighted by Gasteiger charge is -2.29. The zero-order valence-electron chi connectivity index (χ0n) is 20.3. The minimum atomic E-state index is -0.113. The molecule has 1 aromatic heterocycles. The Balaban J connectivity index is 1.31. The number of carbonyl (C=O) groups excluding carboxylic acids is 1. The van der Waals surface area contributed by atoms with Gasteiger partial charge in [-0.25, -0.2) is 4.98 Å². The van der Waals surface area contributed by atoms with Crippen molar-refractivity contribution in [2.45, 2.75) is 31.7 Å². The van der Waals surface area contributed by atoms with E-state index in [9.17, 15) is 4.79 Å². The summed E-state index contributed by atoms with van der Waals surface area (Å²) in [5.41, 5.74) is 1.48. The van der Waals surface area contributed by atoms with Crippen molar-refractivity contribution in [3.05, 3.63) is 48.0 Å². The standard InChI is InChI=1S/C26H33N5O3/c1-31(2)24-22-7-5-6-8-23(22)29-26(30-24)28-19-11-9-17(10-12-19)16-27-25(32)18-13-20(33-3)15-21(14-18)34-4/h5-8,13-15,17,19H,9-12,16H2,1-4H3,(H,27,32)(H,28,29,30)/t17-,19+. The number of ether oxygens (including phenoxy) is 2. The zero-order valence-corrected chi connectivity index (χ0v) is 20.3. The minimum absolute atomic E-state index is 0.113. The van der Waals surface area contributed by atoms with E-state index in [4.69, 9.17) is 19.4 Å². The van der Waals surface area contributed by atoms with Crippen molar-refractivity contribution in [3.63, 3.8) is 0 Å². The summed E-state index contributed by atoms with van der Waals surface area (Å²) < 4.78 is 10.5. The third kappa shape index (κ3) is 5.50. The van der Waals surface area contributed by atoms with Crippen LogP contribution in [0.15, 0.2) is 42.5 Å². The number of aromatic nitrogens is 2. The van der Waals surface area contributed by atoms with Crippen LogP contribution in [-0.4, -0.2) is 56.8 Å². The number of nitrogens with zero attached hydrogens (tertiary/aromatic N) is 3. The van der Waals surface area contributed by atoms with E-state index < -0.39 is 0 Å². The van der Waals surface area contributed by atoms with Gasteiger partial charge in [0.05, 0.1) is 19.7 Å². The topological polar surface area (TPSA) is 88.6 Å². The van der Waals surface area contributed by atoms with Crippen LogP contribution >= 0.6 is 0 Å². The van der Waals surface area contributed by atoms with Gasteiger partial charge in [0, 0.05) is 43.7 Å². The van der Waals surface area contributed by atoms with Crippen LogP contribution in [-0.2, 0) is 0 Å². The van der Waals surface area contributed by atoms with Gasteiger partial charge < -0.3 is 25.0 Å². The van der Waals surface area contributed by atoms with Crippen LogP contribution in [0.1, 0.15) is 36.0 Å². The van der Waals surface area contributed by atoms with E-state index in [1.54, 1.807) is 32.4 Å². The maximum atomic E-state index is 12.7. The first-order valence-electron chi connectivity index (χ1n) is 11.7. The van der Waals surface area contributed by atoms with Crippen LogP contribution in [0.2, 0.25) is 0 Å². The third-order valence-corrected chi connectivity index (χ3v) is 6.35. The summed E-state index contributed by atoms with van der Waals surface area (Å²) in [7, 11) is 7.15. The van der Waals surface area contributed by atoms with Crippen LogP contribution in [0.5, 0.6) is 11.5 Å². The number of anilines is 2. The van der Waals surface area contributed by atoms with Gasteiger partial charge in [0.15, 0.2) is 0 Å². The Kier molecular flexibility index (Phi) is 7.35. The van der Waals surface area contributed by atoms with Crippen molar-refractivity contribution in [2.24, 2.45) is 5.92 Å². The molecule has 3 aromatic rings. The molecule has 0 atom stereocenters. The second kappa shape index (κ2) is 10.6. The number of nitrogens with one attached hydrogen (secondary N) is 2. The second-order valence-electron chi connectivity index (χ2n) is 8.96. The lowest BCUT2D eigenvalue weighted by Crippen LogP contribution is -2.34. The Bertz CT molecular complexity index is 1120. The van der Waals surface area contributed by atoms with E-state index in [1.165, 1.54) is 0 Å². The summed E-state index contributed by atoms with van der Waals surface area (Å²) in [6, 6.07) is 13.6. The van der Waals surface area contributed by atoms with Gasteiger partial charge in [-0.15, -0.1) is 0 Å². The largest absolute Gasteiger partial charge is 0.497 e. The first kappa shape index (κ1) is 23.6. The summed E-state index contributed by atoms with van der Waals surface area (Å²) in [5.74, 6) is 3.13. The molecule has 34 heavy (non-hydrogen) atoms. The molecule has 0 aliphatic heterocycles. The molecule has 2 N–H and O–H groups in total. The summed E-state index contributed by atoms with van der Waals surface area (Å²) in [5, 5.41) is 7.66. The molecule has 4 rings (SSSR count). The smallest absolute Gasteiger partial charge is 0.251 e. The molecule has 1 amide bonds. The van der Waals surface area contributed by atoms with E-state index in [0.29, 0.717) is 41.5 Å². The molecule has 0 radical (unpaired) electrons. The Morgan fingerprint density at radius 1 is 1.00 bits per heavy atom. The molecule has 1 aliphatic rings. The first-order valence-corrected chi connectivity index (χ1v) is 11.7. The van der Waals surface area contributed by atoms with Crippen LogP contribution in [0.4, 0.5) is 11.8 Å². The fraction of sp³-hybridized carbons (Fsp3) is 0.423. The molecule has 8 heteroatoms. The Morgan fingerprint density at radius 2 is 1.68 bits per heavy atom. The van der Waals surface area contributed by atoms with Crippen molar-refractivity contribution >= 4 is 28.6 Å². The minimum Gasteiger partial charge on any atom is -0.497 e. The van der Waals surface area contributed by atoms with Crippen molar-refractivity contribution in [1.82, 2.24) is 15.3 Å². The highest BCUT2D eigenvalue weighted by Gasteiger charge is 2.23. The van der Waals surface area contributed by atoms with Gasteiger partial charge in [0.25, 0.3) is 5.91 Å². The van der Waals surface area contributed by atoms with Crippen molar-refractivity contribution in [1.29, 1.82) is 0 Å². The number of fused-ring (bicyclic) bond motifs is 1. The number of rotatable bonds is 8. The fourth-order valence-corrected chi connectivity index (χ4v) is 4.44. The highest BCUT2D eigenvalue weighted by molar-refractivity contribution is 5.95. The van der Waals surface area contributed by atoms with Gasteiger partial charge in [-0.2, -0.15) is 4.98 Å². The summed E-state index contributed by atoms with van der Waals surface area (Å²) in [4.78, 5) is 24.2. The van der Waals surface area contributed by atoms with Gasteiger partial charge in [0.2, 0.25) is 5.95 Å². The predicted molar refractivity (Wildman–Crippen MR) is 135 cm³/mol. The van der Waals surface area contributed by atoms with Gasteiger partial charge in [-0.1, -0.05) is 12.1 Å². The lowest BCUT2D eigenvalue weighted by atomic mass is 9.86. The molecule has 8 nitrogen and oxygen atoms in total. The van der Waals surface area contributed by atoms with Crippen molar-refractivity contribution in [3.8, 4) is 11.5 Å². The number of methoxy groups -OCH3 is 2. The predicted octanol–water partition coefficient (Wildman–Crippen LogP) is 4.11. The van der Waals surface area contributed by atoms with E-state index in [0.717, 1.165) is 42.4 Å².